The summed E-state index contributed by atoms with van der Waals surface area (Å²) in [5.41, 5.74) is 3.63. The summed E-state index contributed by atoms with van der Waals surface area (Å²) in [5, 5.41) is 2.79. The molecule has 2 aromatic rings. The zero-order valence-electron chi connectivity index (χ0n) is 13.1. The van der Waals surface area contributed by atoms with Gasteiger partial charge in [0.2, 0.25) is 5.91 Å². The summed E-state index contributed by atoms with van der Waals surface area (Å²) >= 11 is 0. The van der Waals surface area contributed by atoms with Gasteiger partial charge in [-0.3, -0.25) is 9.59 Å². The fourth-order valence-corrected chi connectivity index (χ4v) is 2.53. The van der Waals surface area contributed by atoms with Crippen molar-refractivity contribution >= 4 is 23.2 Å². The Morgan fingerprint density at radius 1 is 1.22 bits per heavy atom. The van der Waals surface area contributed by atoms with Crippen LogP contribution in [0.1, 0.15) is 11.1 Å². The predicted octanol–water partition coefficient (Wildman–Crippen LogP) is 2.53. The molecule has 0 unspecified atom stereocenters. The highest BCUT2D eigenvalue weighted by Gasteiger charge is 2.24. The molecule has 0 aromatic heterocycles. The molecule has 3 rings (SSSR count). The highest BCUT2D eigenvalue weighted by molar-refractivity contribution is 6.02. The van der Waals surface area contributed by atoms with Crippen molar-refractivity contribution in [3.05, 3.63) is 53.6 Å². The summed E-state index contributed by atoms with van der Waals surface area (Å²) < 4.78 is 5.45. The number of ether oxygens (including phenoxy) is 1. The number of carbonyl (C=O) groups excluding carboxylic acids is 2. The second kappa shape index (κ2) is 6.12. The molecule has 1 heterocycles. The lowest BCUT2D eigenvalue weighted by Crippen LogP contribution is -2.20. The van der Waals surface area contributed by atoms with E-state index in [2.05, 4.69) is 5.32 Å². The fraction of sp³-hybridized carbons (Fsp3) is 0.222. The number of likely N-dealkylation sites (N-methyl/N-ethyl adjacent to an activating group) is 1. The standard InChI is InChI=1S/C18H18N2O3/c1-12-3-6-15(7-4-12)23-11-17(21)19-14-5-8-16-13(9-14)10-18(22)20(16)2/h3-9H,10-11H2,1-2H3,(H,19,21). The number of rotatable bonds is 4. The van der Waals surface area contributed by atoms with E-state index in [1.165, 1.54) is 0 Å². The molecule has 0 fully saturated rings. The Labute approximate surface area is 134 Å². The summed E-state index contributed by atoms with van der Waals surface area (Å²) in [6.07, 6.45) is 0.370. The van der Waals surface area contributed by atoms with Crippen LogP contribution in [0.2, 0.25) is 0 Å². The van der Waals surface area contributed by atoms with Gasteiger partial charge in [0.25, 0.3) is 5.91 Å². The first-order valence-electron chi connectivity index (χ1n) is 7.42. The minimum Gasteiger partial charge on any atom is -0.484 e. The third-order valence-corrected chi connectivity index (χ3v) is 3.83. The number of nitrogens with zero attached hydrogens (tertiary/aromatic N) is 1. The predicted molar refractivity (Wildman–Crippen MR) is 88.9 cm³/mol. The van der Waals surface area contributed by atoms with Gasteiger partial charge in [-0.15, -0.1) is 0 Å². The molecule has 118 valence electrons. The van der Waals surface area contributed by atoms with Crippen molar-refractivity contribution in [3.8, 4) is 5.75 Å². The molecule has 0 atom stereocenters. The number of hydrogen-bond acceptors (Lipinski definition) is 3. The lowest BCUT2D eigenvalue weighted by Gasteiger charge is -2.11. The van der Waals surface area contributed by atoms with Crippen LogP contribution in [0.15, 0.2) is 42.5 Å². The normalized spacial score (nSPS) is 13.0. The Kier molecular flexibility index (Phi) is 4.02. The molecule has 0 radical (unpaired) electrons. The van der Waals surface area contributed by atoms with E-state index in [0.29, 0.717) is 17.9 Å². The third-order valence-electron chi connectivity index (χ3n) is 3.83. The van der Waals surface area contributed by atoms with Crippen LogP contribution in [-0.2, 0) is 16.0 Å². The van der Waals surface area contributed by atoms with Gasteiger partial charge >= 0.3 is 0 Å². The van der Waals surface area contributed by atoms with Crippen molar-refractivity contribution in [1.82, 2.24) is 0 Å². The van der Waals surface area contributed by atoms with Gasteiger partial charge in [0.15, 0.2) is 6.61 Å². The summed E-state index contributed by atoms with van der Waals surface area (Å²) in [6.45, 7) is 1.94. The van der Waals surface area contributed by atoms with E-state index in [1.807, 2.05) is 43.3 Å². The molecule has 1 N–H and O–H groups in total. The maximum Gasteiger partial charge on any atom is 0.262 e. The summed E-state index contributed by atoms with van der Waals surface area (Å²) in [5.74, 6) is 0.487. The van der Waals surface area contributed by atoms with Crippen LogP contribution in [0.5, 0.6) is 5.75 Å². The van der Waals surface area contributed by atoms with E-state index in [-0.39, 0.29) is 18.4 Å². The Bertz CT molecular complexity index is 753. The molecule has 1 aliphatic heterocycles. The molecule has 2 amide bonds. The number of anilines is 2. The van der Waals surface area contributed by atoms with Gasteiger partial charge < -0.3 is 15.0 Å². The second-order valence-electron chi connectivity index (χ2n) is 5.62. The van der Waals surface area contributed by atoms with E-state index in [0.717, 1.165) is 16.8 Å². The Morgan fingerprint density at radius 2 is 1.96 bits per heavy atom. The SMILES string of the molecule is Cc1ccc(OCC(=O)Nc2ccc3c(c2)CC(=O)N3C)cc1. The first kappa shape index (κ1) is 15.1. The minimum absolute atomic E-state index is 0.0566. The number of carbonyl (C=O) groups is 2. The van der Waals surface area contributed by atoms with Crippen LogP contribution in [0.3, 0.4) is 0 Å². The van der Waals surface area contributed by atoms with Crippen molar-refractivity contribution in [2.24, 2.45) is 0 Å². The molecule has 2 aromatic carbocycles. The van der Waals surface area contributed by atoms with Crippen LogP contribution in [-0.4, -0.2) is 25.5 Å². The van der Waals surface area contributed by atoms with Crippen molar-refractivity contribution in [1.29, 1.82) is 0 Å². The van der Waals surface area contributed by atoms with Crippen LogP contribution in [0.25, 0.3) is 0 Å². The summed E-state index contributed by atoms with van der Waals surface area (Å²) in [7, 11) is 1.75. The highest BCUT2D eigenvalue weighted by Crippen LogP contribution is 2.29. The quantitative estimate of drug-likeness (QED) is 0.944. The lowest BCUT2D eigenvalue weighted by atomic mass is 10.1. The number of aryl methyl sites for hydroxylation is 1. The van der Waals surface area contributed by atoms with Gasteiger partial charge in [-0.1, -0.05) is 17.7 Å². The smallest absolute Gasteiger partial charge is 0.262 e. The largest absolute Gasteiger partial charge is 0.484 e. The first-order chi connectivity index (χ1) is 11.0. The van der Waals surface area contributed by atoms with Gasteiger partial charge in [-0.25, -0.2) is 0 Å². The van der Waals surface area contributed by atoms with Gasteiger partial charge in [0, 0.05) is 18.4 Å². The zero-order chi connectivity index (χ0) is 16.4. The number of hydrogen-bond donors (Lipinski definition) is 1. The third kappa shape index (κ3) is 3.34. The van der Waals surface area contributed by atoms with Crippen LogP contribution in [0, 0.1) is 6.92 Å². The number of amides is 2. The summed E-state index contributed by atoms with van der Waals surface area (Å²) in [4.78, 5) is 25.3. The molecule has 0 saturated heterocycles. The van der Waals surface area contributed by atoms with E-state index in [4.69, 9.17) is 4.74 Å². The number of fused-ring (bicyclic) bond motifs is 1. The number of benzene rings is 2. The van der Waals surface area contributed by atoms with Crippen LogP contribution in [0.4, 0.5) is 11.4 Å². The van der Waals surface area contributed by atoms with E-state index in [9.17, 15) is 9.59 Å². The van der Waals surface area contributed by atoms with Gasteiger partial charge in [0.1, 0.15) is 5.75 Å². The molecule has 5 heteroatoms. The Morgan fingerprint density at radius 3 is 2.70 bits per heavy atom. The number of nitrogens with one attached hydrogen (secondary N) is 1. The maximum absolute atomic E-state index is 12.0. The molecular formula is C18H18N2O3. The molecule has 1 aliphatic rings. The molecule has 0 aliphatic carbocycles. The van der Waals surface area contributed by atoms with Crippen LogP contribution >= 0.6 is 0 Å². The summed E-state index contributed by atoms with van der Waals surface area (Å²) in [6, 6.07) is 13.0. The zero-order valence-corrected chi connectivity index (χ0v) is 13.1. The fourth-order valence-electron chi connectivity index (χ4n) is 2.53. The van der Waals surface area contributed by atoms with E-state index < -0.39 is 0 Å². The van der Waals surface area contributed by atoms with Crippen molar-refractivity contribution in [3.63, 3.8) is 0 Å². The first-order valence-corrected chi connectivity index (χ1v) is 7.42. The molecule has 23 heavy (non-hydrogen) atoms. The average molecular weight is 310 g/mol. The topological polar surface area (TPSA) is 58.6 Å². The highest BCUT2D eigenvalue weighted by atomic mass is 16.5. The molecule has 0 bridgehead atoms. The average Bonchev–Trinajstić information content (AvgIpc) is 2.81. The van der Waals surface area contributed by atoms with Crippen molar-refractivity contribution in [2.75, 3.05) is 23.9 Å². The second-order valence-corrected chi connectivity index (χ2v) is 5.62. The Hall–Kier alpha value is -2.82. The molecular weight excluding hydrogens is 292 g/mol. The molecule has 0 spiro atoms. The van der Waals surface area contributed by atoms with E-state index in [1.54, 1.807) is 18.0 Å². The molecule has 5 nitrogen and oxygen atoms in total. The van der Waals surface area contributed by atoms with Crippen molar-refractivity contribution in [2.45, 2.75) is 13.3 Å². The monoisotopic (exact) mass is 310 g/mol. The minimum atomic E-state index is -0.233. The maximum atomic E-state index is 12.0. The van der Waals surface area contributed by atoms with Gasteiger partial charge in [-0.05, 0) is 42.8 Å². The molecule has 0 saturated carbocycles. The van der Waals surface area contributed by atoms with Crippen LogP contribution < -0.4 is 15.0 Å². The van der Waals surface area contributed by atoms with E-state index >= 15 is 0 Å². The lowest BCUT2D eigenvalue weighted by molar-refractivity contribution is -0.118. The van der Waals surface area contributed by atoms with Gasteiger partial charge in [0.05, 0.1) is 6.42 Å². The van der Waals surface area contributed by atoms with Crippen molar-refractivity contribution < 1.29 is 14.3 Å². The van der Waals surface area contributed by atoms with Gasteiger partial charge in [-0.2, -0.15) is 0 Å². The Balaban J connectivity index is 1.59.